The van der Waals surface area contributed by atoms with Crippen LogP contribution in [0.5, 0.6) is 5.75 Å². The fraction of sp³-hybridized carbons (Fsp3) is 0.400. The molecular weight excluding hydrogens is 390 g/mol. The SMILES string of the molecule is CCCCOc1c(I)c[c]cc1I. The standard InChI is InChI=1S/C10H11I2O/c1-2-3-7-13-10-8(11)5-4-6-9(10)12/h5-6H,2-3,7H2,1H3. The molecule has 0 atom stereocenters. The van der Waals surface area contributed by atoms with E-state index in [1.54, 1.807) is 0 Å². The molecule has 0 amide bonds. The zero-order valence-electron chi connectivity index (χ0n) is 7.44. The van der Waals surface area contributed by atoms with E-state index in [4.69, 9.17) is 4.74 Å². The molecule has 0 bridgehead atoms. The van der Waals surface area contributed by atoms with Gasteiger partial charge in [-0.15, -0.1) is 0 Å². The highest BCUT2D eigenvalue weighted by atomic mass is 127. The van der Waals surface area contributed by atoms with Gasteiger partial charge in [0.25, 0.3) is 0 Å². The summed E-state index contributed by atoms with van der Waals surface area (Å²) in [4.78, 5) is 0. The van der Waals surface area contributed by atoms with Crippen molar-refractivity contribution in [3.63, 3.8) is 0 Å². The Morgan fingerprint density at radius 1 is 1.31 bits per heavy atom. The number of rotatable bonds is 4. The van der Waals surface area contributed by atoms with Gasteiger partial charge in [0.2, 0.25) is 0 Å². The smallest absolute Gasteiger partial charge is 0.145 e. The monoisotopic (exact) mass is 401 g/mol. The lowest BCUT2D eigenvalue weighted by Gasteiger charge is -2.08. The Morgan fingerprint density at radius 2 is 1.92 bits per heavy atom. The first-order valence-corrected chi connectivity index (χ1v) is 6.39. The fourth-order valence-corrected chi connectivity index (χ4v) is 2.66. The summed E-state index contributed by atoms with van der Waals surface area (Å²) in [5.41, 5.74) is 0. The van der Waals surface area contributed by atoms with E-state index in [2.05, 4.69) is 58.2 Å². The second-order valence-corrected chi connectivity index (χ2v) is 5.01. The van der Waals surface area contributed by atoms with Crippen molar-refractivity contribution in [3.8, 4) is 5.75 Å². The first-order valence-electron chi connectivity index (χ1n) is 4.23. The van der Waals surface area contributed by atoms with Crippen LogP contribution in [-0.4, -0.2) is 6.61 Å². The first kappa shape index (κ1) is 11.6. The summed E-state index contributed by atoms with van der Waals surface area (Å²) in [6.07, 6.45) is 2.29. The molecule has 0 aliphatic rings. The quantitative estimate of drug-likeness (QED) is 0.550. The van der Waals surface area contributed by atoms with Gasteiger partial charge in [-0.1, -0.05) is 13.3 Å². The van der Waals surface area contributed by atoms with Crippen LogP contribution >= 0.6 is 45.2 Å². The Kier molecular flexibility index (Phi) is 5.38. The van der Waals surface area contributed by atoms with Gasteiger partial charge in [-0.3, -0.25) is 0 Å². The van der Waals surface area contributed by atoms with Gasteiger partial charge in [0.1, 0.15) is 5.75 Å². The van der Waals surface area contributed by atoms with E-state index in [-0.39, 0.29) is 0 Å². The normalized spacial score (nSPS) is 10.1. The van der Waals surface area contributed by atoms with Gasteiger partial charge in [0, 0.05) is 0 Å². The Labute approximate surface area is 107 Å². The molecule has 3 heteroatoms. The van der Waals surface area contributed by atoms with E-state index in [1.807, 2.05) is 12.1 Å². The lowest BCUT2D eigenvalue weighted by atomic mass is 10.3. The molecule has 0 saturated carbocycles. The predicted molar refractivity (Wildman–Crippen MR) is 71.1 cm³/mol. The highest BCUT2D eigenvalue weighted by Gasteiger charge is 2.04. The largest absolute Gasteiger partial charge is 0.491 e. The number of unbranched alkanes of at least 4 members (excludes halogenated alkanes) is 1. The Hall–Kier alpha value is 0.480. The van der Waals surface area contributed by atoms with Gasteiger partial charge in [-0.2, -0.15) is 0 Å². The van der Waals surface area contributed by atoms with Gasteiger partial charge in [-0.25, -0.2) is 0 Å². The topological polar surface area (TPSA) is 9.23 Å². The summed E-state index contributed by atoms with van der Waals surface area (Å²) in [7, 11) is 0. The number of halogens is 2. The lowest BCUT2D eigenvalue weighted by Crippen LogP contribution is -1.99. The molecule has 1 rings (SSSR count). The van der Waals surface area contributed by atoms with Gasteiger partial charge in [0.05, 0.1) is 13.7 Å². The van der Waals surface area contributed by atoms with E-state index >= 15 is 0 Å². The molecule has 0 spiro atoms. The molecule has 0 saturated heterocycles. The van der Waals surface area contributed by atoms with Crippen molar-refractivity contribution in [2.24, 2.45) is 0 Å². The molecule has 0 N–H and O–H groups in total. The van der Waals surface area contributed by atoms with Gasteiger partial charge >= 0.3 is 0 Å². The molecule has 1 aromatic carbocycles. The van der Waals surface area contributed by atoms with E-state index in [0.29, 0.717) is 0 Å². The maximum Gasteiger partial charge on any atom is 0.145 e. The van der Waals surface area contributed by atoms with E-state index in [1.165, 1.54) is 6.42 Å². The Balaban J connectivity index is 2.64. The van der Waals surface area contributed by atoms with Crippen LogP contribution in [0.15, 0.2) is 12.1 Å². The van der Waals surface area contributed by atoms with Crippen LogP contribution in [0.3, 0.4) is 0 Å². The van der Waals surface area contributed by atoms with Crippen LogP contribution in [0.25, 0.3) is 0 Å². The molecule has 1 radical (unpaired) electrons. The highest BCUT2D eigenvalue weighted by Crippen LogP contribution is 2.26. The molecule has 1 aromatic rings. The molecule has 0 aromatic heterocycles. The maximum absolute atomic E-state index is 5.67. The Bertz CT molecular complexity index is 253. The average molecular weight is 401 g/mol. The minimum absolute atomic E-state index is 0.812. The van der Waals surface area contributed by atoms with Gasteiger partial charge < -0.3 is 4.74 Å². The minimum Gasteiger partial charge on any atom is -0.491 e. The van der Waals surface area contributed by atoms with Crippen LogP contribution in [0.4, 0.5) is 0 Å². The molecule has 0 aliphatic heterocycles. The minimum atomic E-state index is 0.812. The van der Waals surface area contributed by atoms with Crippen molar-refractivity contribution in [2.75, 3.05) is 6.61 Å². The molecule has 1 nitrogen and oxygen atoms in total. The highest BCUT2D eigenvalue weighted by molar-refractivity contribution is 14.1. The molecule has 0 fully saturated rings. The summed E-state index contributed by atoms with van der Waals surface area (Å²) in [5.74, 6) is 1.01. The predicted octanol–water partition coefficient (Wildman–Crippen LogP) is 3.87. The first-order chi connectivity index (χ1) is 6.25. The van der Waals surface area contributed by atoms with Crippen LogP contribution in [0, 0.1) is 13.2 Å². The second kappa shape index (κ2) is 6.06. The van der Waals surface area contributed by atoms with E-state index in [9.17, 15) is 0 Å². The van der Waals surface area contributed by atoms with Crippen molar-refractivity contribution in [1.29, 1.82) is 0 Å². The van der Waals surface area contributed by atoms with Crippen molar-refractivity contribution >= 4 is 45.2 Å². The average Bonchev–Trinajstić information content (AvgIpc) is 2.10. The molecule has 0 heterocycles. The van der Waals surface area contributed by atoms with Crippen LogP contribution in [0.1, 0.15) is 19.8 Å². The molecule has 0 aliphatic carbocycles. The summed E-state index contributed by atoms with van der Waals surface area (Å²) in [6, 6.07) is 6.96. The van der Waals surface area contributed by atoms with Crippen molar-refractivity contribution in [1.82, 2.24) is 0 Å². The van der Waals surface area contributed by atoms with Gasteiger partial charge in [-0.05, 0) is 69.8 Å². The van der Waals surface area contributed by atoms with E-state index < -0.39 is 0 Å². The molecule has 71 valence electrons. The zero-order valence-corrected chi connectivity index (χ0v) is 11.8. The van der Waals surface area contributed by atoms with Crippen molar-refractivity contribution in [3.05, 3.63) is 25.3 Å². The third-order valence-electron chi connectivity index (χ3n) is 1.60. The molecule has 13 heavy (non-hydrogen) atoms. The summed E-state index contributed by atoms with van der Waals surface area (Å²) >= 11 is 4.55. The van der Waals surface area contributed by atoms with Crippen LogP contribution in [0.2, 0.25) is 0 Å². The summed E-state index contributed by atoms with van der Waals surface area (Å²) in [6.45, 7) is 2.98. The van der Waals surface area contributed by atoms with Crippen molar-refractivity contribution < 1.29 is 4.74 Å². The Morgan fingerprint density at radius 3 is 2.46 bits per heavy atom. The fourth-order valence-electron chi connectivity index (χ4n) is 0.890. The third-order valence-corrected chi connectivity index (χ3v) is 3.20. The molecule has 0 unspecified atom stereocenters. The van der Waals surface area contributed by atoms with Gasteiger partial charge in [0.15, 0.2) is 0 Å². The second-order valence-electron chi connectivity index (χ2n) is 2.68. The van der Waals surface area contributed by atoms with E-state index in [0.717, 1.165) is 25.9 Å². The number of benzene rings is 1. The summed E-state index contributed by atoms with van der Waals surface area (Å²) in [5, 5.41) is 0. The van der Waals surface area contributed by atoms with Crippen LogP contribution < -0.4 is 4.74 Å². The van der Waals surface area contributed by atoms with Crippen LogP contribution in [-0.2, 0) is 0 Å². The van der Waals surface area contributed by atoms with Crippen molar-refractivity contribution in [2.45, 2.75) is 19.8 Å². The lowest BCUT2D eigenvalue weighted by molar-refractivity contribution is 0.305. The zero-order chi connectivity index (χ0) is 9.68. The number of hydrogen-bond acceptors (Lipinski definition) is 1. The third kappa shape index (κ3) is 3.61. The number of ether oxygens (including phenoxy) is 1. The summed E-state index contributed by atoms with van der Waals surface area (Å²) < 4.78 is 7.95. The molecular formula is C10H11I2O. The maximum atomic E-state index is 5.67. The number of hydrogen-bond donors (Lipinski definition) is 0.